The number of benzene rings is 1. The van der Waals surface area contributed by atoms with E-state index in [2.05, 4.69) is 33.6 Å². The number of hydrogen-bond acceptors (Lipinski definition) is 4. The SMILES string of the molecule is CCN(CC)CCn1c(NC(=O)CCC(C)N)nc2ccccc21. The Hall–Kier alpha value is -1.92. The summed E-state index contributed by atoms with van der Waals surface area (Å²) in [6.07, 6.45) is 1.09. The number of likely N-dealkylation sites (N-methyl/N-ethyl adjacent to an activating group) is 1. The second kappa shape index (κ2) is 8.80. The summed E-state index contributed by atoms with van der Waals surface area (Å²) in [5.74, 6) is 0.588. The van der Waals surface area contributed by atoms with Gasteiger partial charge in [0.2, 0.25) is 11.9 Å². The molecule has 132 valence electrons. The molecule has 24 heavy (non-hydrogen) atoms. The van der Waals surface area contributed by atoms with Gasteiger partial charge in [-0.3, -0.25) is 10.1 Å². The molecule has 1 unspecified atom stereocenters. The molecule has 0 aliphatic rings. The van der Waals surface area contributed by atoms with Gasteiger partial charge in [-0.05, 0) is 38.6 Å². The zero-order valence-corrected chi connectivity index (χ0v) is 15.0. The molecule has 0 fully saturated rings. The van der Waals surface area contributed by atoms with Gasteiger partial charge in [-0.1, -0.05) is 26.0 Å². The zero-order chi connectivity index (χ0) is 17.5. The van der Waals surface area contributed by atoms with Gasteiger partial charge >= 0.3 is 0 Å². The van der Waals surface area contributed by atoms with E-state index in [4.69, 9.17) is 5.73 Å². The molecule has 1 atom stereocenters. The molecule has 0 aliphatic heterocycles. The molecule has 0 radical (unpaired) electrons. The van der Waals surface area contributed by atoms with Crippen LogP contribution in [0, 0.1) is 0 Å². The van der Waals surface area contributed by atoms with Crippen molar-refractivity contribution >= 4 is 22.9 Å². The van der Waals surface area contributed by atoms with Gasteiger partial charge in [-0.15, -0.1) is 0 Å². The van der Waals surface area contributed by atoms with Crippen LogP contribution in [0.5, 0.6) is 0 Å². The van der Waals surface area contributed by atoms with Crippen LogP contribution in [-0.4, -0.2) is 46.0 Å². The fourth-order valence-electron chi connectivity index (χ4n) is 2.72. The summed E-state index contributed by atoms with van der Waals surface area (Å²) >= 11 is 0. The highest BCUT2D eigenvalue weighted by molar-refractivity contribution is 5.91. The van der Waals surface area contributed by atoms with Gasteiger partial charge < -0.3 is 15.2 Å². The third-order valence-corrected chi connectivity index (χ3v) is 4.27. The van der Waals surface area contributed by atoms with Gasteiger partial charge in [-0.2, -0.15) is 0 Å². The van der Waals surface area contributed by atoms with Crippen LogP contribution in [0.4, 0.5) is 5.95 Å². The number of anilines is 1. The Balaban J connectivity index is 2.18. The number of carbonyl (C=O) groups is 1. The Morgan fingerprint density at radius 2 is 2.04 bits per heavy atom. The average molecular weight is 331 g/mol. The molecule has 1 aromatic carbocycles. The molecule has 0 saturated carbocycles. The lowest BCUT2D eigenvalue weighted by Crippen LogP contribution is -2.28. The highest BCUT2D eigenvalue weighted by atomic mass is 16.1. The number of carbonyl (C=O) groups excluding carboxylic acids is 1. The second-order valence-corrected chi connectivity index (χ2v) is 6.17. The molecule has 0 saturated heterocycles. The van der Waals surface area contributed by atoms with Crippen LogP contribution < -0.4 is 11.1 Å². The minimum atomic E-state index is -0.0355. The van der Waals surface area contributed by atoms with Crippen LogP contribution in [0.1, 0.15) is 33.6 Å². The van der Waals surface area contributed by atoms with Crippen molar-refractivity contribution in [3.05, 3.63) is 24.3 Å². The minimum Gasteiger partial charge on any atom is -0.328 e. The van der Waals surface area contributed by atoms with E-state index in [0.717, 1.165) is 37.2 Å². The van der Waals surface area contributed by atoms with E-state index in [1.165, 1.54) is 0 Å². The van der Waals surface area contributed by atoms with Crippen LogP contribution in [0.25, 0.3) is 11.0 Å². The predicted molar refractivity (Wildman–Crippen MR) is 99.0 cm³/mol. The number of amides is 1. The van der Waals surface area contributed by atoms with Gasteiger partial charge in [0.1, 0.15) is 0 Å². The third-order valence-electron chi connectivity index (χ3n) is 4.27. The molecule has 2 rings (SSSR count). The maximum absolute atomic E-state index is 12.2. The summed E-state index contributed by atoms with van der Waals surface area (Å²) in [6.45, 7) is 9.98. The molecule has 0 aliphatic carbocycles. The number of fused-ring (bicyclic) bond motifs is 1. The lowest BCUT2D eigenvalue weighted by Gasteiger charge is -2.19. The molecule has 1 amide bonds. The van der Waals surface area contributed by atoms with Gasteiger partial charge in [0.15, 0.2) is 0 Å². The first-order chi connectivity index (χ1) is 11.5. The van der Waals surface area contributed by atoms with Gasteiger partial charge in [0.25, 0.3) is 0 Å². The zero-order valence-electron chi connectivity index (χ0n) is 15.0. The smallest absolute Gasteiger partial charge is 0.226 e. The topological polar surface area (TPSA) is 76.2 Å². The van der Waals surface area contributed by atoms with Crippen LogP contribution in [0.2, 0.25) is 0 Å². The number of nitrogens with one attached hydrogen (secondary N) is 1. The van der Waals surface area contributed by atoms with Crippen LogP contribution in [-0.2, 0) is 11.3 Å². The maximum Gasteiger partial charge on any atom is 0.226 e. The van der Waals surface area contributed by atoms with Crippen molar-refractivity contribution in [2.24, 2.45) is 5.73 Å². The molecule has 0 spiro atoms. The standard InChI is InChI=1S/C18H29N5O/c1-4-22(5-2)12-13-23-16-9-7-6-8-15(16)20-18(23)21-17(24)11-10-14(3)19/h6-9,14H,4-5,10-13,19H2,1-3H3,(H,20,21,24). The lowest BCUT2D eigenvalue weighted by atomic mass is 10.2. The summed E-state index contributed by atoms with van der Waals surface area (Å²) in [6, 6.07) is 8.01. The molecule has 1 heterocycles. The first-order valence-corrected chi connectivity index (χ1v) is 8.78. The van der Waals surface area contributed by atoms with Crippen LogP contribution >= 0.6 is 0 Å². The van der Waals surface area contributed by atoms with Crippen molar-refractivity contribution in [1.82, 2.24) is 14.5 Å². The fraction of sp³-hybridized carbons (Fsp3) is 0.556. The fourth-order valence-corrected chi connectivity index (χ4v) is 2.72. The van der Waals surface area contributed by atoms with E-state index >= 15 is 0 Å². The Morgan fingerprint density at radius 3 is 2.71 bits per heavy atom. The first-order valence-electron chi connectivity index (χ1n) is 8.78. The number of nitrogens with zero attached hydrogens (tertiary/aromatic N) is 3. The van der Waals surface area contributed by atoms with Gasteiger partial charge in [0, 0.05) is 25.6 Å². The predicted octanol–water partition coefficient (Wildman–Crippen LogP) is 2.44. The van der Waals surface area contributed by atoms with E-state index in [9.17, 15) is 4.79 Å². The summed E-state index contributed by atoms with van der Waals surface area (Å²) in [7, 11) is 0. The summed E-state index contributed by atoms with van der Waals surface area (Å²) in [4.78, 5) is 19.1. The number of hydrogen-bond donors (Lipinski definition) is 2. The van der Waals surface area contributed by atoms with Crippen molar-refractivity contribution in [3.8, 4) is 0 Å². The Bertz CT molecular complexity index is 660. The minimum absolute atomic E-state index is 0.0252. The Morgan fingerprint density at radius 1 is 1.33 bits per heavy atom. The third kappa shape index (κ3) is 4.79. The molecule has 3 N–H and O–H groups in total. The molecule has 6 heteroatoms. The summed E-state index contributed by atoms with van der Waals surface area (Å²) < 4.78 is 2.09. The van der Waals surface area contributed by atoms with Gasteiger partial charge in [-0.25, -0.2) is 4.98 Å². The van der Waals surface area contributed by atoms with Crippen molar-refractivity contribution in [2.45, 2.75) is 46.2 Å². The molecule has 1 aromatic heterocycles. The normalized spacial score (nSPS) is 12.7. The van der Waals surface area contributed by atoms with Crippen LogP contribution in [0.15, 0.2) is 24.3 Å². The quantitative estimate of drug-likeness (QED) is 0.740. The molecule has 6 nitrogen and oxygen atoms in total. The monoisotopic (exact) mass is 331 g/mol. The molecule has 2 aromatic rings. The Labute approximate surface area is 144 Å². The maximum atomic E-state index is 12.2. The highest BCUT2D eigenvalue weighted by Gasteiger charge is 2.14. The van der Waals surface area contributed by atoms with E-state index < -0.39 is 0 Å². The van der Waals surface area contributed by atoms with E-state index in [1.54, 1.807) is 0 Å². The number of aromatic nitrogens is 2. The number of imidazole rings is 1. The van der Waals surface area contributed by atoms with Crippen molar-refractivity contribution in [3.63, 3.8) is 0 Å². The van der Waals surface area contributed by atoms with Crippen molar-refractivity contribution in [1.29, 1.82) is 0 Å². The van der Waals surface area contributed by atoms with Crippen LogP contribution in [0.3, 0.4) is 0 Å². The average Bonchev–Trinajstić information content (AvgIpc) is 2.91. The first kappa shape index (κ1) is 18.4. The van der Waals surface area contributed by atoms with Crippen molar-refractivity contribution in [2.75, 3.05) is 25.0 Å². The summed E-state index contributed by atoms with van der Waals surface area (Å²) in [5.41, 5.74) is 7.68. The molecule has 0 bridgehead atoms. The lowest BCUT2D eigenvalue weighted by molar-refractivity contribution is -0.116. The molecular weight excluding hydrogens is 302 g/mol. The molecular formula is C18H29N5O. The van der Waals surface area contributed by atoms with E-state index in [0.29, 0.717) is 18.8 Å². The summed E-state index contributed by atoms with van der Waals surface area (Å²) in [5, 5.41) is 2.95. The van der Waals surface area contributed by atoms with Crippen molar-refractivity contribution < 1.29 is 4.79 Å². The van der Waals surface area contributed by atoms with E-state index in [1.807, 2.05) is 31.2 Å². The number of rotatable bonds is 9. The number of para-hydroxylation sites is 2. The largest absolute Gasteiger partial charge is 0.328 e. The van der Waals surface area contributed by atoms with E-state index in [-0.39, 0.29) is 11.9 Å². The van der Waals surface area contributed by atoms with Gasteiger partial charge in [0.05, 0.1) is 11.0 Å². The second-order valence-electron chi connectivity index (χ2n) is 6.17. The Kier molecular flexibility index (Phi) is 6.75. The highest BCUT2D eigenvalue weighted by Crippen LogP contribution is 2.20. The number of nitrogens with two attached hydrogens (primary N) is 1.